The maximum Gasteiger partial charge on any atom is 0.214 e. The molecule has 0 N–H and O–H groups in total. The maximum atomic E-state index is 12.0. The number of benzene rings is 1. The van der Waals surface area contributed by atoms with E-state index in [0.717, 1.165) is 36.1 Å². The van der Waals surface area contributed by atoms with Crippen LogP contribution in [0.5, 0.6) is 0 Å². The number of ketones is 1. The molecule has 0 radical (unpaired) electrons. The van der Waals surface area contributed by atoms with Gasteiger partial charge in [0.1, 0.15) is 5.78 Å². The average Bonchev–Trinajstić information content (AvgIpc) is 2.92. The fourth-order valence-electron chi connectivity index (χ4n) is 2.55. The standard InChI is InChI=1S/C15H18N4OS/c1-10-7-8-11(2)12(9-10)19-15(16-17-18-19)21-14-6-4-3-5-13(14)20/h7-9,14H,3-6H2,1-2H3/t14-/m0/s1. The van der Waals surface area contributed by atoms with Crippen LogP contribution in [0.4, 0.5) is 0 Å². The van der Waals surface area contributed by atoms with Crippen molar-refractivity contribution in [3.63, 3.8) is 0 Å². The summed E-state index contributed by atoms with van der Waals surface area (Å²) in [5, 5.41) is 12.7. The third-order valence-corrected chi connectivity index (χ3v) is 5.03. The third kappa shape index (κ3) is 3.00. The van der Waals surface area contributed by atoms with E-state index < -0.39 is 0 Å². The SMILES string of the molecule is Cc1ccc(C)c(-n2nnnc2S[C@H]2CCCCC2=O)c1. The van der Waals surface area contributed by atoms with Gasteiger partial charge in [0.2, 0.25) is 5.16 Å². The van der Waals surface area contributed by atoms with E-state index in [1.165, 1.54) is 11.8 Å². The highest BCUT2D eigenvalue weighted by Crippen LogP contribution is 2.31. The monoisotopic (exact) mass is 302 g/mol. The van der Waals surface area contributed by atoms with Crippen LogP contribution in [0.25, 0.3) is 5.69 Å². The van der Waals surface area contributed by atoms with Gasteiger partial charge >= 0.3 is 0 Å². The van der Waals surface area contributed by atoms with Gasteiger partial charge in [0.25, 0.3) is 0 Å². The van der Waals surface area contributed by atoms with Crippen LogP contribution in [-0.2, 0) is 4.79 Å². The lowest BCUT2D eigenvalue weighted by atomic mass is 9.99. The molecule has 0 saturated heterocycles. The van der Waals surface area contributed by atoms with Crippen LogP contribution >= 0.6 is 11.8 Å². The normalized spacial score (nSPS) is 19.0. The molecule has 2 aromatic rings. The predicted molar refractivity (Wildman–Crippen MR) is 81.7 cm³/mol. The number of rotatable bonds is 3. The molecule has 1 saturated carbocycles. The Balaban J connectivity index is 1.90. The van der Waals surface area contributed by atoms with E-state index >= 15 is 0 Å². The number of hydrogen-bond donors (Lipinski definition) is 0. The number of aromatic nitrogens is 4. The number of Topliss-reactive ketones (excluding diaryl/α,β-unsaturated/α-hetero) is 1. The molecule has 1 atom stereocenters. The van der Waals surface area contributed by atoms with Crippen LogP contribution < -0.4 is 0 Å². The van der Waals surface area contributed by atoms with Crippen molar-refractivity contribution < 1.29 is 4.79 Å². The maximum absolute atomic E-state index is 12.0. The minimum atomic E-state index is -0.00591. The first-order chi connectivity index (χ1) is 10.1. The Morgan fingerprint density at radius 2 is 2.14 bits per heavy atom. The van der Waals surface area contributed by atoms with Gasteiger partial charge in [-0.05, 0) is 54.3 Å². The number of nitrogens with zero attached hydrogens (tertiary/aromatic N) is 4. The van der Waals surface area contributed by atoms with Gasteiger partial charge in [-0.25, -0.2) is 0 Å². The molecule has 1 heterocycles. The van der Waals surface area contributed by atoms with Crippen molar-refractivity contribution in [2.45, 2.75) is 49.9 Å². The quantitative estimate of drug-likeness (QED) is 0.872. The second kappa shape index (κ2) is 5.97. The number of thioether (sulfide) groups is 1. The van der Waals surface area contributed by atoms with Crippen molar-refractivity contribution in [2.75, 3.05) is 0 Å². The average molecular weight is 302 g/mol. The molecule has 1 aromatic heterocycles. The molecule has 21 heavy (non-hydrogen) atoms. The molecule has 5 nitrogen and oxygen atoms in total. The summed E-state index contributed by atoms with van der Waals surface area (Å²) in [6, 6.07) is 6.20. The second-order valence-corrected chi connectivity index (χ2v) is 6.65. The predicted octanol–water partition coefficient (Wildman–Crippen LogP) is 2.88. The van der Waals surface area contributed by atoms with E-state index in [2.05, 4.69) is 33.7 Å². The summed E-state index contributed by atoms with van der Waals surface area (Å²) in [7, 11) is 0. The zero-order valence-corrected chi connectivity index (χ0v) is 13.1. The summed E-state index contributed by atoms with van der Waals surface area (Å²) in [6.45, 7) is 4.08. The van der Waals surface area contributed by atoms with Gasteiger partial charge in [0, 0.05) is 6.42 Å². The summed E-state index contributed by atoms with van der Waals surface area (Å²) in [5.74, 6) is 0.321. The Kier molecular flexibility index (Phi) is 4.05. The highest BCUT2D eigenvalue weighted by Gasteiger charge is 2.26. The lowest BCUT2D eigenvalue weighted by Crippen LogP contribution is -2.22. The molecule has 1 aliphatic carbocycles. The van der Waals surface area contributed by atoms with Crippen LogP contribution in [0.3, 0.4) is 0 Å². The Morgan fingerprint density at radius 1 is 1.29 bits per heavy atom. The van der Waals surface area contributed by atoms with Crippen molar-refractivity contribution in [3.8, 4) is 5.69 Å². The first-order valence-corrected chi connectivity index (χ1v) is 8.08. The lowest BCUT2D eigenvalue weighted by molar-refractivity contribution is -0.119. The molecule has 0 bridgehead atoms. The van der Waals surface area contributed by atoms with Crippen molar-refractivity contribution >= 4 is 17.5 Å². The number of carbonyl (C=O) groups is 1. The van der Waals surface area contributed by atoms with Crippen molar-refractivity contribution in [1.29, 1.82) is 0 Å². The van der Waals surface area contributed by atoms with Crippen molar-refractivity contribution in [1.82, 2.24) is 20.2 Å². The number of tetrazole rings is 1. The molecule has 1 aromatic carbocycles. The molecular formula is C15H18N4OS. The van der Waals surface area contributed by atoms with Gasteiger partial charge in [-0.3, -0.25) is 4.79 Å². The fraction of sp³-hybridized carbons (Fsp3) is 0.467. The molecule has 1 fully saturated rings. The van der Waals surface area contributed by atoms with Crippen LogP contribution in [0.15, 0.2) is 23.4 Å². The Morgan fingerprint density at radius 3 is 2.95 bits per heavy atom. The summed E-state index contributed by atoms with van der Waals surface area (Å²) in [6.07, 6.45) is 3.72. The van der Waals surface area contributed by atoms with Gasteiger partial charge < -0.3 is 0 Å². The van der Waals surface area contributed by atoms with Gasteiger partial charge in [0.15, 0.2) is 0 Å². The molecule has 0 aliphatic heterocycles. The van der Waals surface area contributed by atoms with Gasteiger partial charge in [-0.1, -0.05) is 30.3 Å². The van der Waals surface area contributed by atoms with E-state index in [4.69, 9.17) is 0 Å². The molecule has 6 heteroatoms. The molecule has 3 rings (SSSR count). The number of carbonyl (C=O) groups excluding carboxylic acids is 1. The second-order valence-electron chi connectivity index (χ2n) is 5.48. The molecule has 110 valence electrons. The third-order valence-electron chi connectivity index (χ3n) is 3.78. The largest absolute Gasteiger partial charge is 0.298 e. The number of aryl methyl sites for hydroxylation is 2. The summed E-state index contributed by atoms with van der Waals surface area (Å²) < 4.78 is 1.74. The van der Waals surface area contributed by atoms with Crippen molar-refractivity contribution in [2.24, 2.45) is 0 Å². The minimum Gasteiger partial charge on any atom is -0.298 e. The topological polar surface area (TPSA) is 60.7 Å². The van der Waals surface area contributed by atoms with Crippen molar-refractivity contribution in [3.05, 3.63) is 29.3 Å². The minimum absolute atomic E-state index is 0.00591. The Bertz CT molecular complexity index is 667. The molecule has 0 amide bonds. The number of hydrogen-bond acceptors (Lipinski definition) is 5. The van der Waals surface area contributed by atoms with E-state index in [1.807, 2.05) is 13.8 Å². The summed E-state index contributed by atoms with van der Waals surface area (Å²) >= 11 is 1.49. The smallest absolute Gasteiger partial charge is 0.214 e. The van der Waals surface area contributed by atoms with Gasteiger partial charge in [-0.2, -0.15) is 4.68 Å². The van der Waals surface area contributed by atoms with Crippen LogP contribution in [-0.4, -0.2) is 31.2 Å². The first kappa shape index (κ1) is 14.3. The van der Waals surface area contributed by atoms with Gasteiger partial charge in [-0.15, -0.1) is 5.10 Å². The van der Waals surface area contributed by atoms with Crippen LogP contribution in [0.1, 0.15) is 36.8 Å². The molecule has 1 aliphatic rings. The summed E-state index contributed by atoms with van der Waals surface area (Å²) in [5.41, 5.74) is 3.26. The summed E-state index contributed by atoms with van der Waals surface area (Å²) in [4.78, 5) is 12.0. The first-order valence-electron chi connectivity index (χ1n) is 7.20. The zero-order chi connectivity index (χ0) is 14.8. The highest BCUT2D eigenvalue weighted by molar-refractivity contribution is 8.00. The highest BCUT2D eigenvalue weighted by atomic mass is 32.2. The molecule has 0 spiro atoms. The zero-order valence-electron chi connectivity index (χ0n) is 12.2. The van der Waals surface area contributed by atoms with Crippen LogP contribution in [0, 0.1) is 13.8 Å². The molecular weight excluding hydrogens is 284 g/mol. The van der Waals surface area contributed by atoms with E-state index in [1.54, 1.807) is 4.68 Å². The van der Waals surface area contributed by atoms with E-state index in [0.29, 0.717) is 17.4 Å². The molecule has 0 unspecified atom stereocenters. The van der Waals surface area contributed by atoms with E-state index in [-0.39, 0.29) is 5.25 Å². The Labute approximate surface area is 128 Å². The van der Waals surface area contributed by atoms with Gasteiger partial charge in [0.05, 0.1) is 10.9 Å². The lowest BCUT2D eigenvalue weighted by Gasteiger charge is -2.19. The Hall–Kier alpha value is -1.69. The van der Waals surface area contributed by atoms with E-state index in [9.17, 15) is 4.79 Å². The fourth-order valence-corrected chi connectivity index (χ4v) is 3.66. The van der Waals surface area contributed by atoms with Crippen LogP contribution in [0.2, 0.25) is 0 Å².